The molecule has 0 aliphatic carbocycles. The van der Waals surface area contributed by atoms with Crippen molar-refractivity contribution in [1.82, 2.24) is 0 Å². The van der Waals surface area contributed by atoms with Crippen molar-refractivity contribution in [2.24, 2.45) is 0 Å². The highest BCUT2D eigenvalue weighted by molar-refractivity contribution is 7.92. The van der Waals surface area contributed by atoms with E-state index in [0.29, 0.717) is 16.5 Å². The first-order chi connectivity index (χ1) is 14.7. The predicted molar refractivity (Wildman–Crippen MR) is 131 cm³/mol. The molecule has 8 heteroatoms. The van der Waals surface area contributed by atoms with Gasteiger partial charge in [0, 0.05) is 11.4 Å². The molecule has 3 aromatic rings. The molecule has 162 valence electrons. The predicted octanol–water partition coefficient (Wildman–Crippen LogP) is 5.23. The van der Waals surface area contributed by atoms with Crippen molar-refractivity contribution < 1.29 is 13.2 Å². The molecule has 3 N–H and O–H groups in total. The third-order valence-electron chi connectivity index (χ3n) is 4.74. The molecule has 3 rings (SSSR count). The zero-order chi connectivity index (χ0) is 22.6. The van der Waals surface area contributed by atoms with E-state index in [-0.39, 0.29) is 4.90 Å². The Morgan fingerprint density at radius 2 is 1.55 bits per heavy atom. The number of ether oxygens (including phenoxy) is 1. The van der Waals surface area contributed by atoms with Gasteiger partial charge in [-0.05, 0) is 86.6 Å². The van der Waals surface area contributed by atoms with Gasteiger partial charge >= 0.3 is 0 Å². The summed E-state index contributed by atoms with van der Waals surface area (Å²) in [6.07, 6.45) is 0. The highest BCUT2D eigenvalue weighted by atomic mass is 32.2. The molecule has 0 amide bonds. The van der Waals surface area contributed by atoms with Gasteiger partial charge in [-0.25, -0.2) is 8.42 Å². The molecule has 0 saturated carbocycles. The smallest absolute Gasteiger partial charge is 0.261 e. The van der Waals surface area contributed by atoms with Crippen molar-refractivity contribution >= 4 is 44.4 Å². The first-order valence-corrected chi connectivity index (χ1v) is 11.5. The van der Waals surface area contributed by atoms with Crippen LogP contribution >= 0.6 is 12.2 Å². The van der Waals surface area contributed by atoms with E-state index in [0.717, 1.165) is 28.1 Å². The van der Waals surface area contributed by atoms with Gasteiger partial charge in [0.1, 0.15) is 5.75 Å². The van der Waals surface area contributed by atoms with Crippen LogP contribution in [-0.4, -0.2) is 20.6 Å². The van der Waals surface area contributed by atoms with Gasteiger partial charge in [0.05, 0.1) is 17.7 Å². The molecule has 0 heterocycles. The molecule has 0 aliphatic heterocycles. The van der Waals surface area contributed by atoms with Crippen molar-refractivity contribution in [2.45, 2.75) is 25.7 Å². The summed E-state index contributed by atoms with van der Waals surface area (Å²) in [5, 5.41) is 6.51. The molecule has 0 spiro atoms. The third-order valence-corrected chi connectivity index (χ3v) is 6.31. The van der Waals surface area contributed by atoms with E-state index in [1.165, 1.54) is 0 Å². The molecule has 0 saturated heterocycles. The van der Waals surface area contributed by atoms with Crippen LogP contribution in [0.15, 0.2) is 65.6 Å². The first-order valence-electron chi connectivity index (χ1n) is 9.61. The lowest BCUT2D eigenvalue weighted by Gasteiger charge is -2.15. The number of aryl methyl sites for hydroxylation is 3. The van der Waals surface area contributed by atoms with Crippen LogP contribution in [0, 0.1) is 20.8 Å². The Bertz CT molecular complexity index is 1210. The summed E-state index contributed by atoms with van der Waals surface area (Å²) in [6, 6.07) is 17.8. The van der Waals surface area contributed by atoms with Gasteiger partial charge in [0.2, 0.25) is 0 Å². The van der Waals surface area contributed by atoms with Crippen molar-refractivity contribution in [1.29, 1.82) is 0 Å². The molecular formula is C23H25N3O3S2. The van der Waals surface area contributed by atoms with Gasteiger partial charge in [0.15, 0.2) is 5.11 Å². The Morgan fingerprint density at radius 3 is 2.19 bits per heavy atom. The van der Waals surface area contributed by atoms with Crippen molar-refractivity contribution in [3.05, 3.63) is 77.4 Å². The lowest BCUT2D eigenvalue weighted by Crippen LogP contribution is -2.20. The highest BCUT2D eigenvalue weighted by Crippen LogP contribution is 2.25. The number of hydrogen-bond acceptors (Lipinski definition) is 4. The van der Waals surface area contributed by atoms with Gasteiger partial charge in [-0.1, -0.05) is 23.8 Å². The molecule has 0 aromatic heterocycles. The van der Waals surface area contributed by atoms with Gasteiger partial charge in [-0.2, -0.15) is 0 Å². The van der Waals surface area contributed by atoms with E-state index < -0.39 is 10.0 Å². The molecule has 31 heavy (non-hydrogen) atoms. The lowest BCUT2D eigenvalue weighted by molar-refractivity contribution is 0.415. The first kappa shape index (κ1) is 22.6. The number of sulfonamides is 1. The second kappa shape index (κ2) is 9.36. The van der Waals surface area contributed by atoms with Crippen LogP contribution in [0.25, 0.3) is 0 Å². The minimum atomic E-state index is -3.76. The zero-order valence-corrected chi connectivity index (χ0v) is 19.4. The average Bonchev–Trinajstić information content (AvgIpc) is 2.72. The average molecular weight is 456 g/mol. The Labute approximate surface area is 188 Å². The zero-order valence-electron chi connectivity index (χ0n) is 17.8. The second-order valence-corrected chi connectivity index (χ2v) is 9.30. The number of nitrogens with one attached hydrogen (secondary N) is 3. The van der Waals surface area contributed by atoms with Gasteiger partial charge < -0.3 is 15.4 Å². The van der Waals surface area contributed by atoms with Crippen LogP contribution in [0.4, 0.5) is 17.1 Å². The highest BCUT2D eigenvalue weighted by Gasteiger charge is 2.17. The normalized spacial score (nSPS) is 11.0. The van der Waals surface area contributed by atoms with E-state index in [2.05, 4.69) is 15.4 Å². The summed E-state index contributed by atoms with van der Waals surface area (Å²) in [7, 11) is -2.15. The van der Waals surface area contributed by atoms with E-state index >= 15 is 0 Å². The standard InChI is InChI=1S/C23H25N3O3S2/c1-15-5-12-21(17(3)13-15)26-31(27,28)20-11-6-16(2)22(14-20)25-23(30)24-18-7-9-19(29-4)10-8-18/h5-14,26H,1-4H3,(H2,24,25,30). The molecule has 3 aromatic carbocycles. The molecule has 6 nitrogen and oxygen atoms in total. The number of hydrogen-bond donors (Lipinski definition) is 3. The van der Waals surface area contributed by atoms with Gasteiger partial charge in [0.25, 0.3) is 10.0 Å². The Kier molecular flexibility index (Phi) is 6.82. The summed E-state index contributed by atoms with van der Waals surface area (Å²) in [5.74, 6) is 0.745. The van der Waals surface area contributed by atoms with Crippen LogP contribution in [0.3, 0.4) is 0 Å². The Balaban J connectivity index is 1.77. The molecule has 0 unspecified atom stereocenters. The fourth-order valence-electron chi connectivity index (χ4n) is 2.99. The van der Waals surface area contributed by atoms with Crippen LogP contribution in [-0.2, 0) is 10.0 Å². The maximum atomic E-state index is 12.9. The Morgan fingerprint density at radius 1 is 0.839 bits per heavy atom. The van der Waals surface area contributed by atoms with Crippen molar-refractivity contribution in [2.75, 3.05) is 22.5 Å². The summed E-state index contributed by atoms with van der Waals surface area (Å²) < 4.78 is 33.7. The SMILES string of the molecule is COc1ccc(NC(=S)Nc2cc(S(=O)(=O)Nc3ccc(C)cc3C)ccc2C)cc1. The van der Waals surface area contributed by atoms with E-state index in [9.17, 15) is 8.42 Å². The van der Waals surface area contributed by atoms with E-state index in [1.54, 1.807) is 31.4 Å². The molecule has 0 bridgehead atoms. The van der Waals surface area contributed by atoms with E-state index in [4.69, 9.17) is 17.0 Å². The monoisotopic (exact) mass is 455 g/mol. The summed E-state index contributed by atoms with van der Waals surface area (Å²) >= 11 is 5.39. The third kappa shape index (κ3) is 5.74. The maximum absolute atomic E-state index is 12.9. The quantitative estimate of drug-likeness (QED) is 0.442. The lowest BCUT2D eigenvalue weighted by atomic mass is 10.1. The minimum absolute atomic E-state index is 0.146. The molecular weight excluding hydrogens is 430 g/mol. The van der Waals surface area contributed by atoms with Crippen LogP contribution in [0.2, 0.25) is 0 Å². The maximum Gasteiger partial charge on any atom is 0.261 e. The van der Waals surface area contributed by atoms with Gasteiger partial charge in [-0.15, -0.1) is 0 Å². The van der Waals surface area contributed by atoms with Crippen LogP contribution < -0.4 is 20.1 Å². The molecule has 0 radical (unpaired) electrons. The minimum Gasteiger partial charge on any atom is -0.497 e. The summed E-state index contributed by atoms with van der Waals surface area (Å²) in [5.41, 5.74) is 4.74. The van der Waals surface area contributed by atoms with Crippen LogP contribution in [0.5, 0.6) is 5.75 Å². The fourth-order valence-corrected chi connectivity index (χ4v) is 4.38. The number of thiocarbonyl (C=S) groups is 1. The number of rotatable bonds is 6. The Hall–Kier alpha value is -3.10. The summed E-state index contributed by atoms with van der Waals surface area (Å²) in [4.78, 5) is 0.146. The molecule has 0 fully saturated rings. The van der Waals surface area contributed by atoms with E-state index in [1.807, 2.05) is 57.2 Å². The van der Waals surface area contributed by atoms with Crippen molar-refractivity contribution in [3.8, 4) is 5.75 Å². The number of methoxy groups -OCH3 is 1. The van der Waals surface area contributed by atoms with Crippen molar-refractivity contribution in [3.63, 3.8) is 0 Å². The summed E-state index contributed by atoms with van der Waals surface area (Å²) in [6.45, 7) is 5.72. The largest absolute Gasteiger partial charge is 0.497 e. The molecule has 0 atom stereocenters. The number of anilines is 3. The topological polar surface area (TPSA) is 79.5 Å². The number of benzene rings is 3. The van der Waals surface area contributed by atoms with Gasteiger partial charge in [-0.3, -0.25) is 4.72 Å². The second-order valence-electron chi connectivity index (χ2n) is 7.21. The fraction of sp³-hybridized carbons (Fsp3) is 0.174. The molecule has 0 aliphatic rings. The van der Waals surface area contributed by atoms with Crippen LogP contribution in [0.1, 0.15) is 16.7 Å².